The molecular weight excluding hydrogens is 451 g/mol. The van der Waals surface area contributed by atoms with Crippen LogP contribution in [0.4, 0.5) is 15.8 Å². The van der Waals surface area contributed by atoms with Crippen molar-refractivity contribution in [2.75, 3.05) is 11.9 Å². The van der Waals surface area contributed by atoms with E-state index in [1.807, 2.05) is 19.1 Å². The van der Waals surface area contributed by atoms with E-state index >= 15 is 0 Å². The van der Waals surface area contributed by atoms with Crippen LogP contribution in [0, 0.1) is 22.9 Å². The van der Waals surface area contributed by atoms with Gasteiger partial charge in [-0.05, 0) is 62.5 Å². The minimum absolute atomic E-state index is 0.308. The third kappa shape index (κ3) is 4.51. The van der Waals surface area contributed by atoms with Crippen molar-refractivity contribution in [2.24, 2.45) is 0 Å². The van der Waals surface area contributed by atoms with Gasteiger partial charge in [0.15, 0.2) is 6.61 Å². The van der Waals surface area contributed by atoms with Crippen molar-refractivity contribution in [1.29, 1.82) is 0 Å². The Kier molecular flexibility index (Phi) is 5.89. The summed E-state index contributed by atoms with van der Waals surface area (Å²) in [6, 6.07) is 6.43. The molecular formula is C15H11Br2FN2O4. The summed E-state index contributed by atoms with van der Waals surface area (Å²) in [5, 5.41) is 13.5. The van der Waals surface area contributed by atoms with E-state index in [1.165, 1.54) is 0 Å². The summed E-state index contributed by atoms with van der Waals surface area (Å²) in [4.78, 5) is 22.2. The molecule has 0 saturated heterocycles. The second-order valence-electron chi connectivity index (χ2n) is 4.81. The number of nitrogens with one attached hydrogen (secondary N) is 1. The van der Waals surface area contributed by atoms with Crippen LogP contribution >= 0.6 is 31.9 Å². The third-order valence-corrected chi connectivity index (χ3v) is 4.18. The molecule has 0 heterocycles. The van der Waals surface area contributed by atoms with Crippen molar-refractivity contribution in [1.82, 2.24) is 0 Å². The molecule has 0 aliphatic rings. The zero-order valence-corrected chi connectivity index (χ0v) is 15.5. The summed E-state index contributed by atoms with van der Waals surface area (Å²) >= 11 is 6.68. The Morgan fingerprint density at radius 3 is 2.50 bits per heavy atom. The van der Waals surface area contributed by atoms with Crippen LogP contribution in [0.25, 0.3) is 0 Å². The Morgan fingerprint density at radius 1 is 1.29 bits per heavy atom. The van der Waals surface area contributed by atoms with Crippen molar-refractivity contribution in [3.05, 3.63) is 60.8 Å². The third-order valence-electron chi connectivity index (χ3n) is 2.93. The zero-order chi connectivity index (χ0) is 17.9. The highest BCUT2D eigenvalue weighted by Crippen LogP contribution is 2.32. The van der Waals surface area contributed by atoms with Gasteiger partial charge in [0, 0.05) is 21.1 Å². The molecule has 2 aromatic rings. The second kappa shape index (κ2) is 7.71. The minimum Gasteiger partial charge on any atom is -0.477 e. The Morgan fingerprint density at radius 2 is 1.92 bits per heavy atom. The van der Waals surface area contributed by atoms with E-state index in [1.54, 1.807) is 0 Å². The molecule has 2 aromatic carbocycles. The van der Waals surface area contributed by atoms with E-state index < -0.39 is 28.9 Å². The maximum absolute atomic E-state index is 13.2. The van der Waals surface area contributed by atoms with Gasteiger partial charge in [-0.3, -0.25) is 14.9 Å². The highest BCUT2D eigenvalue weighted by atomic mass is 79.9. The zero-order valence-electron chi connectivity index (χ0n) is 12.3. The van der Waals surface area contributed by atoms with Gasteiger partial charge in [-0.1, -0.05) is 0 Å². The summed E-state index contributed by atoms with van der Waals surface area (Å²) < 4.78 is 19.6. The number of nitrogens with zero attached hydrogens (tertiary/aromatic N) is 1. The molecule has 126 valence electrons. The SMILES string of the molecule is Cc1cc(Br)c(NC(=O)COc2cc(F)ccc2[N+](=O)[O-])c(Br)c1. The van der Waals surface area contributed by atoms with Crippen LogP contribution in [0.15, 0.2) is 39.3 Å². The van der Waals surface area contributed by atoms with Gasteiger partial charge in [0.2, 0.25) is 5.75 Å². The monoisotopic (exact) mass is 460 g/mol. The Bertz CT molecular complexity index is 791. The van der Waals surface area contributed by atoms with Gasteiger partial charge in [0.25, 0.3) is 5.91 Å². The Hall–Kier alpha value is -2.00. The van der Waals surface area contributed by atoms with Gasteiger partial charge in [-0.15, -0.1) is 0 Å². The average Bonchev–Trinajstić information content (AvgIpc) is 2.48. The summed E-state index contributed by atoms with van der Waals surface area (Å²) in [5.41, 5.74) is 1.07. The standard InChI is InChI=1S/C15H11Br2FN2O4/c1-8-4-10(16)15(11(17)5-8)19-14(21)7-24-13-6-9(18)2-3-12(13)20(22)23/h2-6H,7H2,1H3,(H,19,21). The number of aryl methyl sites for hydroxylation is 1. The lowest BCUT2D eigenvalue weighted by molar-refractivity contribution is -0.385. The fourth-order valence-electron chi connectivity index (χ4n) is 1.89. The highest BCUT2D eigenvalue weighted by molar-refractivity contribution is 9.11. The van der Waals surface area contributed by atoms with Crippen molar-refractivity contribution in [3.8, 4) is 5.75 Å². The lowest BCUT2D eigenvalue weighted by Crippen LogP contribution is -2.21. The van der Waals surface area contributed by atoms with E-state index in [9.17, 15) is 19.3 Å². The van der Waals surface area contributed by atoms with E-state index in [0.717, 1.165) is 23.8 Å². The summed E-state index contributed by atoms with van der Waals surface area (Å²) in [6.07, 6.45) is 0. The molecule has 0 aromatic heterocycles. The molecule has 1 amide bonds. The number of hydrogen-bond donors (Lipinski definition) is 1. The molecule has 2 rings (SSSR count). The summed E-state index contributed by atoms with van der Waals surface area (Å²) in [7, 11) is 0. The van der Waals surface area contributed by atoms with Gasteiger partial charge in [-0.2, -0.15) is 0 Å². The van der Waals surface area contributed by atoms with Crippen molar-refractivity contribution in [2.45, 2.75) is 6.92 Å². The minimum atomic E-state index is -0.709. The summed E-state index contributed by atoms with van der Waals surface area (Å²) in [5.74, 6) is -1.55. The van der Waals surface area contributed by atoms with Gasteiger partial charge in [0.1, 0.15) is 5.82 Å². The quantitative estimate of drug-likeness (QED) is 0.521. The average molecular weight is 462 g/mol. The predicted molar refractivity (Wildman–Crippen MR) is 93.8 cm³/mol. The number of anilines is 1. The van der Waals surface area contributed by atoms with E-state index in [0.29, 0.717) is 14.6 Å². The number of carbonyl (C=O) groups excluding carboxylic acids is 1. The molecule has 0 atom stereocenters. The van der Waals surface area contributed by atoms with Gasteiger partial charge >= 0.3 is 5.69 Å². The number of halogens is 3. The number of nitro benzene ring substituents is 1. The molecule has 0 unspecified atom stereocenters. The van der Waals surface area contributed by atoms with E-state index in [2.05, 4.69) is 37.2 Å². The maximum atomic E-state index is 13.2. The van der Waals surface area contributed by atoms with E-state index in [-0.39, 0.29) is 5.75 Å². The fraction of sp³-hybridized carbons (Fsp3) is 0.133. The normalized spacial score (nSPS) is 10.3. The summed E-state index contributed by atoms with van der Waals surface area (Å²) in [6.45, 7) is 1.39. The number of hydrogen-bond acceptors (Lipinski definition) is 4. The largest absolute Gasteiger partial charge is 0.477 e. The van der Waals surface area contributed by atoms with Crippen LogP contribution in [0.5, 0.6) is 5.75 Å². The highest BCUT2D eigenvalue weighted by Gasteiger charge is 2.18. The first-order valence-electron chi connectivity index (χ1n) is 6.60. The number of carbonyl (C=O) groups is 1. The van der Waals surface area contributed by atoms with Crippen LogP contribution in [-0.2, 0) is 4.79 Å². The first-order chi connectivity index (χ1) is 11.3. The van der Waals surface area contributed by atoms with Crippen LogP contribution in [-0.4, -0.2) is 17.4 Å². The molecule has 9 heteroatoms. The van der Waals surface area contributed by atoms with Crippen LogP contribution < -0.4 is 10.1 Å². The van der Waals surface area contributed by atoms with Gasteiger partial charge < -0.3 is 10.1 Å². The molecule has 24 heavy (non-hydrogen) atoms. The first-order valence-corrected chi connectivity index (χ1v) is 8.18. The molecule has 0 spiro atoms. The smallest absolute Gasteiger partial charge is 0.311 e. The van der Waals surface area contributed by atoms with Gasteiger partial charge in [-0.25, -0.2) is 4.39 Å². The van der Waals surface area contributed by atoms with Crippen LogP contribution in [0.2, 0.25) is 0 Å². The van der Waals surface area contributed by atoms with Crippen molar-refractivity contribution < 1.29 is 18.8 Å². The molecule has 0 bridgehead atoms. The molecule has 0 radical (unpaired) electrons. The number of ether oxygens (including phenoxy) is 1. The number of nitro groups is 1. The number of benzene rings is 2. The molecule has 6 nitrogen and oxygen atoms in total. The lowest BCUT2D eigenvalue weighted by atomic mass is 10.2. The molecule has 0 fully saturated rings. The fourth-order valence-corrected chi connectivity index (χ4v) is 3.51. The van der Waals surface area contributed by atoms with Crippen molar-refractivity contribution in [3.63, 3.8) is 0 Å². The number of rotatable bonds is 5. The molecule has 0 aliphatic carbocycles. The van der Waals surface area contributed by atoms with Gasteiger partial charge in [0.05, 0.1) is 10.6 Å². The number of amides is 1. The molecule has 0 saturated carbocycles. The Labute approximate surface area is 153 Å². The first kappa shape index (κ1) is 18.3. The van der Waals surface area contributed by atoms with E-state index in [4.69, 9.17) is 4.74 Å². The predicted octanol–water partition coefficient (Wildman–Crippen LogP) is 4.58. The molecule has 1 N–H and O–H groups in total. The topological polar surface area (TPSA) is 81.5 Å². The Balaban J connectivity index is 2.10. The molecule has 0 aliphatic heterocycles. The second-order valence-corrected chi connectivity index (χ2v) is 6.52. The maximum Gasteiger partial charge on any atom is 0.311 e. The van der Waals surface area contributed by atoms with Crippen molar-refractivity contribution >= 4 is 49.1 Å². The lowest BCUT2D eigenvalue weighted by Gasteiger charge is -2.11. The van der Waals surface area contributed by atoms with Crippen LogP contribution in [0.1, 0.15) is 5.56 Å². The van der Waals surface area contributed by atoms with Crippen LogP contribution in [0.3, 0.4) is 0 Å².